The minimum Gasteiger partial charge on any atom is -0.369 e. The van der Waals surface area contributed by atoms with E-state index in [1.807, 2.05) is 44.2 Å². The quantitative estimate of drug-likeness (QED) is 0.935. The van der Waals surface area contributed by atoms with Gasteiger partial charge in [0.2, 0.25) is 5.91 Å². The normalized spacial score (nSPS) is 17.4. The van der Waals surface area contributed by atoms with E-state index in [0.717, 1.165) is 35.4 Å². The molecule has 2 amide bonds. The van der Waals surface area contributed by atoms with Crippen molar-refractivity contribution in [1.29, 1.82) is 0 Å². The minimum absolute atomic E-state index is 0.0451. The summed E-state index contributed by atoms with van der Waals surface area (Å²) < 4.78 is 0. The maximum atomic E-state index is 12.7. The highest BCUT2D eigenvalue weighted by Crippen LogP contribution is 2.24. The van der Waals surface area contributed by atoms with E-state index in [0.29, 0.717) is 18.7 Å². The molecular weight excluding hydrogens is 314 g/mol. The summed E-state index contributed by atoms with van der Waals surface area (Å²) in [4.78, 5) is 30.3. The number of nitrogens with zero attached hydrogens (tertiary/aromatic N) is 2. The minimum atomic E-state index is -0.324. The number of carbonyl (C=O) groups excluding carboxylic acids is 2. The topological polar surface area (TPSA) is 76.3 Å². The second kappa shape index (κ2) is 7.05. The average Bonchev–Trinajstić information content (AvgIpc) is 2.61. The number of hydrogen-bond acceptors (Lipinski definition) is 3. The van der Waals surface area contributed by atoms with E-state index in [1.54, 1.807) is 4.90 Å². The predicted molar refractivity (Wildman–Crippen MR) is 97.0 cm³/mol. The van der Waals surface area contributed by atoms with Gasteiger partial charge in [0.05, 0.1) is 5.92 Å². The molecule has 2 heterocycles. The largest absolute Gasteiger partial charge is 0.369 e. The first-order valence-electron chi connectivity index (χ1n) is 8.59. The van der Waals surface area contributed by atoms with E-state index in [9.17, 15) is 9.59 Å². The van der Waals surface area contributed by atoms with Crippen molar-refractivity contribution in [2.45, 2.75) is 26.7 Å². The molecule has 1 aromatic heterocycles. The van der Waals surface area contributed by atoms with Crippen LogP contribution in [0.4, 0.5) is 0 Å². The van der Waals surface area contributed by atoms with Gasteiger partial charge in [0.1, 0.15) is 0 Å². The Bertz CT molecular complexity index is 799. The van der Waals surface area contributed by atoms with Gasteiger partial charge in [-0.3, -0.25) is 14.6 Å². The molecular formula is C20H23N3O2. The third-order valence-corrected chi connectivity index (χ3v) is 4.78. The van der Waals surface area contributed by atoms with Gasteiger partial charge in [0, 0.05) is 35.6 Å². The molecule has 1 aliphatic heterocycles. The number of carbonyl (C=O) groups is 2. The zero-order valence-electron chi connectivity index (χ0n) is 14.7. The van der Waals surface area contributed by atoms with Crippen LogP contribution < -0.4 is 5.73 Å². The predicted octanol–water partition coefficient (Wildman–Crippen LogP) is 2.70. The third-order valence-electron chi connectivity index (χ3n) is 4.78. The van der Waals surface area contributed by atoms with Crippen molar-refractivity contribution in [1.82, 2.24) is 9.88 Å². The number of aryl methyl sites for hydroxylation is 2. The molecule has 2 N–H and O–H groups in total. The van der Waals surface area contributed by atoms with E-state index in [1.165, 1.54) is 0 Å². The molecule has 2 aromatic rings. The molecule has 25 heavy (non-hydrogen) atoms. The number of benzene rings is 1. The van der Waals surface area contributed by atoms with Crippen LogP contribution in [0.1, 0.15) is 34.6 Å². The molecule has 1 saturated heterocycles. The van der Waals surface area contributed by atoms with Crippen LogP contribution in [0.2, 0.25) is 0 Å². The van der Waals surface area contributed by atoms with Crippen molar-refractivity contribution in [3.8, 4) is 11.1 Å². The van der Waals surface area contributed by atoms with Crippen LogP contribution in [0.15, 0.2) is 36.4 Å². The highest BCUT2D eigenvalue weighted by molar-refractivity contribution is 5.95. The number of rotatable bonds is 3. The monoisotopic (exact) mass is 337 g/mol. The molecule has 0 saturated carbocycles. The van der Waals surface area contributed by atoms with Crippen molar-refractivity contribution in [3.05, 3.63) is 53.3 Å². The Labute approximate surface area is 147 Å². The van der Waals surface area contributed by atoms with Crippen LogP contribution in [-0.4, -0.2) is 34.8 Å². The van der Waals surface area contributed by atoms with Crippen molar-refractivity contribution in [2.24, 2.45) is 11.7 Å². The van der Waals surface area contributed by atoms with Gasteiger partial charge in [-0.05, 0) is 50.5 Å². The number of aromatic nitrogens is 1. The van der Waals surface area contributed by atoms with Gasteiger partial charge >= 0.3 is 0 Å². The second-order valence-electron chi connectivity index (χ2n) is 6.66. The van der Waals surface area contributed by atoms with Crippen molar-refractivity contribution >= 4 is 11.8 Å². The fourth-order valence-corrected chi connectivity index (χ4v) is 3.36. The molecule has 1 fully saturated rings. The Kier molecular flexibility index (Phi) is 4.83. The molecule has 0 bridgehead atoms. The Morgan fingerprint density at radius 1 is 1.12 bits per heavy atom. The number of likely N-dealkylation sites (tertiary alicyclic amines) is 1. The summed E-state index contributed by atoms with van der Waals surface area (Å²) in [6.45, 7) is 5.04. The summed E-state index contributed by atoms with van der Waals surface area (Å²) in [5.41, 5.74) is 10.1. The molecule has 0 unspecified atom stereocenters. The molecule has 5 nitrogen and oxygen atoms in total. The summed E-state index contributed by atoms with van der Waals surface area (Å²) >= 11 is 0. The lowest BCUT2D eigenvalue weighted by atomic mass is 9.96. The van der Waals surface area contributed by atoms with E-state index >= 15 is 0 Å². The van der Waals surface area contributed by atoms with Crippen LogP contribution in [0.3, 0.4) is 0 Å². The van der Waals surface area contributed by atoms with Gasteiger partial charge in [0.25, 0.3) is 5.91 Å². The first-order valence-corrected chi connectivity index (χ1v) is 8.59. The fourth-order valence-electron chi connectivity index (χ4n) is 3.36. The summed E-state index contributed by atoms with van der Waals surface area (Å²) in [6.07, 6.45) is 1.57. The van der Waals surface area contributed by atoms with E-state index in [4.69, 9.17) is 5.73 Å². The fraction of sp³-hybridized carbons (Fsp3) is 0.350. The molecule has 130 valence electrons. The molecule has 0 aliphatic carbocycles. The number of hydrogen-bond donors (Lipinski definition) is 1. The molecule has 0 spiro atoms. The second-order valence-corrected chi connectivity index (χ2v) is 6.66. The highest BCUT2D eigenvalue weighted by atomic mass is 16.2. The van der Waals surface area contributed by atoms with Gasteiger partial charge in [-0.1, -0.05) is 18.2 Å². The maximum absolute atomic E-state index is 12.7. The zero-order chi connectivity index (χ0) is 18.0. The van der Waals surface area contributed by atoms with Gasteiger partial charge < -0.3 is 10.6 Å². The van der Waals surface area contributed by atoms with E-state index in [2.05, 4.69) is 11.1 Å². The van der Waals surface area contributed by atoms with Crippen LogP contribution in [0, 0.1) is 19.8 Å². The third kappa shape index (κ3) is 3.71. The average molecular weight is 337 g/mol. The summed E-state index contributed by atoms with van der Waals surface area (Å²) in [7, 11) is 0. The van der Waals surface area contributed by atoms with Gasteiger partial charge in [0.15, 0.2) is 0 Å². The standard InChI is InChI=1S/C20H23N3O2/c1-13-5-10-18(14(2)22-13)15-6-8-16(9-7-15)20(25)23-11-3-4-17(12-23)19(21)24/h5-10,17H,3-4,11-12H2,1-2H3,(H2,21,24)/t17-/m1/s1. The Morgan fingerprint density at radius 3 is 2.48 bits per heavy atom. The molecule has 1 aromatic carbocycles. The van der Waals surface area contributed by atoms with Gasteiger partial charge in [-0.2, -0.15) is 0 Å². The number of amides is 2. The van der Waals surface area contributed by atoms with Crippen LogP contribution in [0.5, 0.6) is 0 Å². The van der Waals surface area contributed by atoms with Crippen LogP contribution in [0.25, 0.3) is 11.1 Å². The van der Waals surface area contributed by atoms with Crippen LogP contribution in [-0.2, 0) is 4.79 Å². The number of primary amides is 1. The van der Waals surface area contributed by atoms with Gasteiger partial charge in [-0.15, -0.1) is 0 Å². The molecule has 1 aliphatic rings. The van der Waals surface area contributed by atoms with Gasteiger partial charge in [-0.25, -0.2) is 0 Å². The molecule has 0 radical (unpaired) electrons. The van der Waals surface area contributed by atoms with E-state index in [-0.39, 0.29) is 17.7 Å². The lowest BCUT2D eigenvalue weighted by Gasteiger charge is -2.31. The Balaban J connectivity index is 1.77. The number of nitrogens with two attached hydrogens (primary N) is 1. The Morgan fingerprint density at radius 2 is 1.84 bits per heavy atom. The smallest absolute Gasteiger partial charge is 0.253 e. The number of pyridine rings is 1. The lowest BCUT2D eigenvalue weighted by Crippen LogP contribution is -2.44. The molecule has 5 heteroatoms. The van der Waals surface area contributed by atoms with Crippen molar-refractivity contribution < 1.29 is 9.59 Å². The van der Waals surface area contributed by atoms with E-state index < -0.39 is 0 Å². The molecule has 3 rings (SSSR count). The SMILES string of the molecule is Cc1ccc(-c2ccc(C(=O)N3CCC[C@@H](C(N)=O)C3)cc2)c(C)n1. The first-order chi connectivity index (χ1) is 12.0. The number of piperidine rings is 1. The highest BCUT2D eigenvalue weighted by Gasteiger charge is 2.27. The zero-order valence-corrected chi connectivity index (χ0v) is 14.7. The first kappa shape index (κ1) is 17.1. The summed E-state index contributed by atoms with van der Waals surface area (Å²) in [5.74, 6) is -0.607. The Hall–Kier alpha value is -2.69. The van der Waals surface area contributed by atoms with Crippen molar-refractivity contribution in [2.75, 3.05) is 13.1 Å². The maximum Gasteiger partial charge on any atom is 0.253 e. The summed E-state index contributed by atoms with van der Waals surface area (Å²) in [5, 5.41) is 0. The van der Waals surface area contributed by atoms with Crippen molar-refractivity contribution in [3.63, 3.8) is 0 Å². The van der Waals surface area contributed by atoms with Crippen LogP contribution >= 0.6 is 0 Å². The summed E-state index contributed by atoms with van der Waals surface area (Å²) in [6, 6.07) is 11.6. The molecule has 1 atom stereocenters. The lowest BCUT2D eigenvalue weighted by molar-refractivity contribution is -0.123.